The van der Waals surface area contributed by atoms with Crippen molar-refractivity contribution in [3.05, 3.63) is 52.1 Å². The molecule has 0 radical (unpaired) electrons. The van der Waals surface area contributed by atoms with Gasteiger partial charge in [-0.25, -0.2) is 4.98 Å². The SMILES string of the molecule is CCNCc1cc(Br)cnc1N(CC)c1cccc(C)c1. The van der Waals surface area contributed by atoms with E-state index in [0.29, 0.717) is 0 Å². The van der Waals surface area contributed by atoms with Crippen molar-refractivity contribution in [3.8, 4) is 0 Å². The molecular weight excluding hydrogens is 326 g/mol. The van der Waals surface area contributed by atoms with Crippen molar-refractivity contribution < 1.29 is 0 Å². The highest BCUT2D eigenvalue weighted by Crippen LogP contribution is 2.28. The third-order valence-corrected chi connectivity index (χ3v) is 3.79. The summed E-state index contributed by atoms with van der Waals surface area (Å²) in [5, 5.41) is 3.39. The Labute approximate surface area is 135 Å². The quantitative estimate of drug-likeness (QED) is 0.838. The predicted octanol–water partition coefficient (Wildman–Crippen LogP) is 4.42. The van der Waals surface area contributed by atoms with Gasteiger partial charge in [-0.1, -0.05) is 19.1 Å². The topological polar surface area (TPSA) is 28.2 Å². The summed E-state index contributed by atoms with van der Waals surface area (Å²) < 4.78 is 1.01. The molecule has 1 heterocycles. The van der Waals surface area contributed by atoms with Gasteiger partial charge in [0, 0.05) is 35.0 Å². The van der Waals surface area contributed by atoms with Crippen LogP contribution in [0.4, 0.5) is 11.5 Å². The zero-order chi connectivity index (χ0) is 15.2. The van der Waals surface area contributed by atoms with E-state index in [0.717, 1.165) is 29.9 Å². The van der Waals surface area contributed by atoms with Crippen molar-refractivity contribution in [2.45, 2.75) is 27.3 Å². The Morgan fingerprint density at radius 1 is 1.24 bits per heavy atom. The summed E-state index contributed by atoms with van der Waals surface area (Å²) in [6, 6.07) is 10.7. The third kappa shape index (κ3) is 4.05. The fourth-order valence-electron chi connectivity index (χ4n) is 2.36. The molecule has 1 aromatic heterocycles. The molecule has 1 aromatic carbocycles. The lowest BCUT2D eigenvalue weighted by atomic mass is 10.1. The fraction of sp³-hybridized carbons (Fsp3) is 0.353. The van der Waals surface area contributed by atoms with Gasteiger partial charge in [-0.3, -0.25) is 0 Å². The molecule has 3 nitrogen and oxygen atoms in total. The molecule has 0 saturated carbocycles. The minimum absolute atomic E-state index is 0.820. The summed E-state index contributed by atoms with van der Waals surface area (Å²) in [4.78, 5) is 6.90. The lowest BCUT2D eigenvalue weighted by molar-refractivity contribution is 0.722. The molecule has 112 valence electrons. The number of benzene rings is 1. The normalized spacial score (nSPS) is 10.7. The maximum absolute atomic E-state index is 4.65. The van der Waals surface area contributed by atoms with Gasteiger partial charge in [0.2, 0.25) is 0 Å². The Balaban J connectivity index is 2.41. The second-order valence-corrected chi connectivity index (χ2v) is 5.92. The number of nitrogens with zero attached hydrogens (tertiary/aromatic N) is 2. The smallest absolute Gasteiger partial charge is 0.137 e. The van der Waals surface area contributed by atoms with E-state index in [1.54, 1.807) is 0 Å². The van der Waals surface area contributed by atoms with Crippen molar-refractivity contribution >= 4 is 27.4 Å². The predicted molar refractivity (Wildman–Crippen MR) is 93.2 cm³/mol. The van der Waals surface area contributed by atoms with Crippen LogP contribution < -0.4 is 10.2 Å². The number of hydrogen-bond acceptors (Lipinski definition) is 3. The molecular formula is C17H22BrN3. The molecule has 1 N–H and O–H groups in total. The first-order valence-electron chi connectivity index (χ1n) is 7.35. The Morgan fingerprint density at radius 2 is 2.05 bits per heavy atom. The molecule has 0 spiro atoms. The highest BCUT2D eigenvalue weighted by molar-refractivity contribution is 9.10. The Morgan fingerprint density at radius 3 is 2.71 bits per heavy atom. The van der Waals surface area contributed by atoms with Gasteiger partial charge in [-0.05, 0) is 60.1 Å². The second kappa shape index (κ2) is 7.57. The van der Waals surface area contributed by atoms with E-state index in [1.165, 1.54) is 16.8 Å². The van der Waals surface area contributed by atoms with Crippen LogP contribution in [0.2, 0.25) is 0 Å². The fourth-order valence-corrected chi connectivity index (χ4v) is 2.74. The van der Waals surface area contributed by atoms with E-state index >= 15 is 0 Å². The van der Waals surface area contributed by atoms with Gasteiger partial charge in [0.15, 0.2) is 0 Å². The van der Waals surface area contributed by atoms with Gasteiger partial charge in [0.25, 0.3) is 0 Å². The molecule has 0 aliphatic carbocycles. The van der Waals surface area contributed by atoms with Crippen LogP contribution in [0.3, 0.4) is 0 Å². The van der Waals surface area contributed by atoms with Crippen LogP contribution in [0.5, 0.6) is 0 Å². The maximum Gasteiger partial charge on any atom is 0.137 e. The highest BCUT2D eigenvalue weighted by atomic mass is 79.9. The maximum atomic E-state index is 4.65. The molecule has 0 amide bonds. The van der Waals surface area contributed by atoms with Crippen LogP contribution >= 0.6 is 15.9 Å². The summed E-state index contributed by atoms with van der Waals surface area (Å²) in [6.07, 6.45) is 1.86. The number of aryl methyl sites for hydroxylation is 1. The average Bonchev–Trinajstić information content (AvgIpc) is 2.48. The Bertz CT molecular complexity index is 598. The first kappa shape index (κ1) is 16.0. The molecule has 2 aromatic rings. The van der Waals surface area contributed by atoms with Gasteiger partial charge in [0.1, 0.15) is 5.82 Å². The molecule has 0 bridgehead atoms. The molecule has 0 fully saturated rings. The first-order chi connectivity index (χ1) is 10.2. The molecule has 0 aliphatic rings. The van der Waals surface area contributed by atoms with Crippen molar-refractivity contribution in [2.24, 2.45) is 0 Å². The molecule has 21 heavy (non-hydrogen) atoms. The van der Waals surface area contributed by atoms with Crippen molar-refractivity contribution in [1.29, 1.82) is 0 Å². The van der Waals surface area contributed by atoms with Crippen LogP contribution in [0.25, 0.3) is 0 Å². The third-order valence-electron chi connectivity index (χ3n) is 3.36. The second-order valence-electron chi connectivity index (χ2n) is 5.00. The standard InChI is InChI=1S/C17H22BrN3/c1-4-19-11-14-10-15(18)12-20-17(14)21(5-2)16-8-6-7-13(3)9-16/h6-10,12,19H,4-5,11H2,1-3H3. The monoisotopic (exact) mass is 347 g/mol. The number of nitrogens with one attached hydrogen (secondary N) is 1. The lowest BCUT2D eigenvalue weighted by Crippen LogP contribution is -2.21. The van der Waals surface area contributed by atoms with Crippen molar-refractivity contribution in [2.75, 3.05) is 18.0 Å². The van der Waals surface area contributed by atoms with Gasteiger partial charge in [-0.15, -0.1) is 0 Å². The van der Waals surface area contributed by atoms with Crippen LogP contribution in [-0.2, 0) is 6.54 Å². The van der Waals surface area contributed by atoms with Gasteiger partial charge in [-0.2, -0.15) is 0 Å². The first-order valence-corrected chi connectivity index (χ1v) is 8.14. The zero-order valence-corrected chi connectivity index (χ0v) is 14.4. The van der Waals surface area contributed by atoms with E-state index in [4.69, 9.17) is 0 Å². The lowest BCUT2D eigenvalue weighted by Gasteiger charge is -2.25. The summed E-state index contributed by atoms with van der Waals surface area (Å²) >= 11 is 3.52. The number of pyridine rings is 1. The van der Waals surface area contributed by atoms with Crippen LogP contribution in [0, 0.1) is 6.92 Å². The molecule has 2 rings (SSSR count). The summed E-state index contributed by atoms with van der Waals surface area (Å²) in [5.74, 6) is 1.02. The van der Waals surface area contributed by atoms with E-state index in [9.17, 15) is 0 Å². The summed E-state index contributed by atoms with van der Waals surface area (Å²) in [6.45, 7) is 9.04. The number of hydrogen-bond donors (Lipinski definition) is 1. The summed E-state index contributed by atoms with van der Waals surface area (Å²) in [5.41, 5.74) is 3.65. The molecule has 0 saturated heterocycles. The molecule has 0 unspecified atom stereocenters. The number of rotatable bonds is 6. The van der Waals surface area contributed by atoms with E-state index in [-0.39, 0.29) is 0 Å². The minimum Gasteiger partial charge on any atom is -0.326 e. The van der Waals surface area contributed by atoms with Gasteiger partial charge >= 0.3 is 0 Å². The van der Waals surface area contributed by atoms with Crippen LogP contribution in [-0.4, -0.2) is 18.1 Å². The molecule has 4 heteroatoms. The van der Waals surface area contributed by atoms with Crippen LogP contribution in [0.15, 0.2) is 41.0 Å². The van der Waals surface area contributed by atoms with E-state index < -0.39 is 0 Å². The summed E-state index contributed by atoms with van der Waals surface area (Å²) in [7, 11) is 0. The van der Waals surface area contributed by atoms with Gasteiger partial charge < -0.3 is 10.2 Å². The number of aromatic nitrogens is 1. The zero-order valence-electron chi connectivity index (χ0n) is 12.9. The number of halogens is 1. The van der Waals surface area contributed by atoms with Gasteiger partial charge in [0.05, 0.1) is 0 Å². The average molecular weight is 348 g/mol. The minimum atomic E-state index is 0.820. The van der Waals surface area contributed by atoms with E-state index in [1.807, 2.05) is 6.20 Å². The van der Waals surface area contributed by atoms with E-state index in [2.05, 4.69) is 82.2 Å². The molecule has 0 atom stereocenters. The largest absolute Gasteiger partial charge is 0.326 e. The highest BCUT2D eigenvalue weighted by Gasteiger charge is 2.14. The Kier molecular flexibility index (Phi) is 5.76. The van der Waals surface area contributed by atoms with Crippen LogP contribution in [0.1, 0.15) is 25.0 Å². The van der Waals surface area contributed by atoms with Crippen molar-refractivity contribution in [1.82, 2.24) is 10.3 Å². The van der Waals surface area contributed by atoms with Crippen molar-refractivity contribution in [3.63, 3.8) is 0 Å². The Hall–Kier alpha value is -1.39. The molecule has 0 aliphatic heterocycles. The number of anilines is 2.